The van der Waals surface area contributed by atoms with Crippen LogP contribution in [0.4, 0.5) is 0 Å². The quantitative estimate of drug-likeness (QED) is 0.152. The SMILES string of the molecule is CC(C)(C)[Si](C)(C)OC[C@@H](O)[C@](C)(O[Si](c1ccccc1)(c1ccccc1)C(C)(C)C)[C@@H](O)[C@H](O)CSc1ccccc1. The molecule has 0 heterocycles. The van der Waals surface area contributed by atoms with E-state index >= 15 is 0 Å². The van der Waals surface area contributed by atoms with Crippen molar-refractivity contribution in [3.05, 3.63) is 91.0 Å². The fourth-order valence-corrected chi connectivity index (χ4v) is 11.9. The predicted octanol–water partition coefficient (Wildman–Crippen LogP) is 6.22. The Bertz CT molecular complexity index is 1220. The number of thioether (sulfide) groups is 1. The van der Waals surface area contributed by atoms with Crippen LogP contribution in [0.25, 0.3) is 0 Å². The minimum absolute atomic E-state index is 0.0131. The second-order valence-electron chi connectivity index (χ2n) is 14.2. The number of rotatable bonds is 13. The Kier molecular flexibility index (Phi) is 11.7. The Labute approximate surface area is 265 Å². The van der Waals surface area contributed by atoms with Crippen LogP contribution in [0.1, 0.15) is 48.5 Å². The van der Waals surface area contributed by atoms with E-state index in [1.54, 1.807) is 6.92 Å². The zero-order chi connectivity index (χ0) is 32.1. The second-order valence-corrected chi connectivity index (χ2v) is 24.3. The van der Waals surface area contributed by atoms with Crippen LogP contribution >= 0.6 is 11.8 Å². The number of hydrogen-bond donors (Lipinski definition) is 3. The van der Waals surface area contributed by atoms with E-state index in [1.165, 1.54) is 11.8 Å². The summed E-state index contributed by atoms with van der Waals surface area (Å²) in [4.78, 5) is 0.991. The number of benzene rings is 3. The lowest BCUT2D eigenvalue weighted by atomic mass is 9.90. The summed E-state index contributed by atoms with van der Waals surface area (Å²) in [7, 11) is -5.48. The van der Waals surface area contributed by atoms with Gasteiger partial charge < -0.3 is 24.2 Å². The summed E-state index contributed by atoms with van der Waals surface area (Å²) in [5, 5.41) is 37.1. The van der Waals surface area contributed by atoms with Gasteiger partial charge >= 0.3 is 0 Å². The van der Waals surface area contributed by atoms with E-state index in [0.29, 0.717) is 0 Å². The van der Waals surface area contributed by atoms with Crippen molar-refractivity contribution in [2.75, 3.05) is 12.4 Å². The lowest BCUT2D eigenvalue weighted by molar-refractivity contribution is -0.160. The molecule has 0 radical (unpaired) electrons. The maximum absolute atomic E-state index is 12.0. The van der Waals surface area contributed by atoms with Crippen molar-refractivity contribution in [2.45, 2.75) is 100 Å². The van der Waals surface area contributed by atoms with E-state index in [0.717, 1.165) is 15.3 Å². The number of hydrogen-bond acceptors (Lipinski definition) is 6. The number of aliphatic hydroxyl groups excluding tert-OH is 3. The average molecular weight is 641 g/mol. The van der Waals surface area contributed by atoms with Gasteiger partial charge in [-0.1, -0.05) is 120 Å². The minimum atomic E-state index is -3.24. The fraction of sp³-hybridized carbons (Fsp3) is 0.486. The highest BCUT2D eigenvalue weighted by molar-refractivity contribution is 7.99. The number of aliphatic hydroxyl groups is 3. The highest BCUT2D eigenvalue weighted by Gasteiger charge is 2.58. The lowest BCUT2D eigenvalue weighted by Gasteiger charge is -2.52. The molecule has 0 aliphatic carbocycles. The fourth-order valence-electron chi connectivity index (χ4n) is 5.15. The monoisotopic (exact) mass is 640 g/mol. The zero-order valence-corrected chi connectivity index (χ0v) is 30.2. The van der Waals surface area contributed by atoms with Crippen LogP contribution < -0.4 is 10.4 Å². The van der Waals surface area contributed by atoms with E-state index in [1.807, 2.05) is 66.7 Å². The third-order valence-corrected chi connectivity index (χ3v) is 19.7. The van der Waals surface area contributed by atoms with E-state index in [2.05, 4.69) is 78.9 Å². The van der Waals surface area contributed by atoms with Crippen LogP contribution in [0.2, 0.25) is 23.2 Å². The van der Waals surface area contributed by atoms with Crippen molar-refractivity contribution in [1.82, 2.24) is 0 Å². The Morgan fingerprint density at radius 2 is 1.12 bits per heavy atom. The van der Waals surface area contributed by atoms with Gasteiger partial charge in [-0.15, -0.1) is 11.8 Å². The first kappa shape index (κ1) is 35.7. The first-order chi connectivity index (χ1) is 20.0. The zero-order valence-electron chi connectivity index (χ0n) is 27.4. The molecule has 3 N–H and O–H groups in total. The van der Waals surface area contributed by atoms with Crippen LogP contribution in [-0.4, -0.2) is 68.2 Å². The summed E-state index contributed by atoms with van der Waals surface area (Å²) < 4.78 is 13.9. The molecule has 0 saturated heterocycles. The highest BCUT2D eigenvalue weighted by Crippen LogP contribution is 2.42. The molecule has 0 aromatic heterocycles. The van der Waals surface area contributed by atoms with Gasteiger partial charge in [0.15, 0.2) is 8.32 Å². The Balaban J connectivity index is 2.13. The van der Waals surface area contributed by atoms with E-state index in [4.69, 9.17) is 8.85 Å². The van der Waals surface area contributed by atoms with Crippen LogP contribution in [0, 0.1) is 0 Å². The van der Waals surface area contributed by atoms with Gasteiger partial charge in [0.2, 0.25) is 0 Å². The van der Waals surface area contributed by atoms with Gasteiger partial charge in [0, 0.05) is 10.6 Å². The van der Waals surface area contributed by atoms with Crippen molar-refractivity contribution in [1.29, 1.82) is 0 Å². The highest BCUT2D eigenvalue weighted by atomic mass is 32.2. The molecule has 236 valence electrons. The third kappa shape index (κ3) is 8.10. The Morgan fingerprint density at radius 1 is 0.674 bits per heavy atom. The summed E-state index contributed by atoms with van der Waals surface area (Å²) in [6.07, 6.45) is -3.78. The normalized spacial score (nSPS) is 16.7. The molecule has 0 amide bonds. The predicted molar refractivity (Wildman–Crippen MR) is 185 cm³/mol. The van der Waals surface area contributed by atoms with Crippen molar-refractivity contribution in [2.24, 2.45) is 0 Å². The molecule has 0 fully saturated rings. The molecule has 0 bridgehead atoms. The van der Waals surface area contributed by atoms with E-state index in [9.17, 15) is 15.3 Å². The molecule has 0 aliphatic heterocycles. The molecule has 0 unspecified atom stereocenters. The lowest BCUT2D eigenvalue weighted by Crippen LogP contribution is -2.73. The molecule has 8 heteroatoms. The van der Waals surface area contributed by atoms with Gasteiger partial charge in [0.25, 0.3) is 8.32 Å². The van der Waals surface area contributed by atoms with Gasteiger partial charge in [-0.25, -0.2) is 0 Å². The summed E-state index contributed by atoms with van der Waals surface area (Å²) in [6, 6.07) is 30.1. The van der Waals surface area contributed by atoms with Crippen LogP contribution in [-0.2, 0) is 8.85 Å². The van der Waals surface area contributed by atoms with Gasteiger partial charge in [0.05, 0.1) is 12.7 Å². The van der Waals surface area contributed by atoms with Crippen LogP contribution in [0.15, 0.2) is 95.9 Å². The molecule has 5 nitrogen and oxygen atoms in total. The Hall–Kier alpha value is -1.76. The Morgan fingerprint density at radius 3 is 1.53 bits per heavy atom. The minimum Gasteiger partial charge on any atom is -0.414 e. The van der Waals surface area contributed by atoms with Crippen LogP contribution in [0.5, 0.6) is 0 Å². The molecule has 0 aliphatic rings. The second kappa shape index (κ2) is 14.1. The molecule has 43 heavy (non-hydrogen) atoms. The molecule has 3 rings (SSSR count). The summed E-state index contributed by atoms with van der Waals surface area (Å²) in [5.41, 5.74) is -1.57. The standard InChI is InChI=1S/C35H52O5SSi2/c1-33(2,3)42(8,9)39-25-31(37)35(7,32(38)30(36)26-41-27-19-13-10-14-20-27)40-43(34(4,5)6,28-21-15-11-16-22-28)29-23-17-12-18-24-29/h10-24,30-32,36-38H,25-26H2,1-9H3/t30-,31-,32+,35+/m1/s1. The van der Waals surface area contributed by atoms with Gasteiger partial charge in [-0.2, -0.15) is 0 Å². The van der Waals surface area contributed by atoms with Gasteiger partial charge in [0.1, 0.15) is 17.8 Å². The van der Waals surface area contributed by atoms with Crippen molar-refractivity contribution in [3.63, 3.8) is 0 Å². The maximum atomic E-state index is 12.0. The van der Waals surface area contributed by atoms with Crippen molar-refractivity contribution >= 4 is 38.8 Å². The molecule has 3 aromatic rings. The third-order valence-electron chi connectivity index (χ3n) is 8.98. The molecule has 3 aromatic carbocycles. The molecule has 0 saturated carbocycles. The van der Waals surface area contributed by atoms with E-state index in [-0.39, 0.29) is 17.4 Å². The topological polar surface area (TPSA) is 79.2 Å². The van der Waals surface area contributed by atoms with Crippen LogP contribution in [0.3, 0.4) is 0 Å². The smallest absolute Gasteiger partial charge is 0.262 e. The maximum Gasteiger partial charge on any atom is 0.262 e. The molecule has 0 spiro atoms. The summed E-state index contributed by atoms with van der Waals surface area (Å²) in [5.74, 6) is 0.237. The molecule has 4 atom stereocenters. The first-order valence-electron chi connectivity index (χ1n) is 15.1. The average Bonchev–Trinajstić information content (AvgIpc) is 2.97. The first-order valence-corrected chi connectivity index (χ1v) is 20.9. The molecular formula is C35H52O5SSi2. The summed E-state index contributed by atoms with van der Waals surface area (Å²) >= 11 is 1.46. The molecular weight excluding hydrogens is 589 g/mol. The van der Waals surface area contributed by atoms with Gasteiger partial charge in [-0.05, 0) is 52.6 Å². The largest absolute Gasteiger partial charge is 0.414 e. The van der Waals surface area contributed by atoms with E-state index < -0.39 is 45.6 Å². The van der Waals surface area contributed by atoms with Gasteiger partial charge in [-0.3, -0.25) is 0 Å². The van der Waals surface area contributed by atoms with Crippen molar-refractivity contribution < 1.29 is 24.2 Å². The summed E-state index contributed by atoms with van der Waals surface area (Å²) in [6.45, 7) is 19.0. The van der Waals surface area contributed by atoms with Crippen molar-refractivity contribution in [3.8, 4) is 0 Å².